The van der Waals surface area contributed by atoms with E-state index in [-0.39, 0.29) is 29.8 Å². The Labute approximate surface area is 183 Å². The Balaban J connectivity index is 1.14. The van der Waals surface area contributed by atoms with Gasteiger partial charge in [-0.3, -0.25) is 9.69 Å². The summed E-state index contributed by atoms with van der Waals surface area (Å²) >= 11 is 0. The molecule has 172 valence electrons. The normalized spacial score (nSPS) is 29.9. The third kappa shape index (κ3) is 4.81. The number of hydrogen-bond donors (Lipinski definition) is 1. The van der Waals surface area contributed by atoms with Gasteiger partial charge in [0.25, 0.3) is 5.91 Å². The molecular weight excluding hydrogens is 420 g/mol. The van der Waals surface area contributed by atoms with Gasteiger partial charge < -0.3 is 14.6 Å². The second-order valence-electron chi connectivity index (χ2n) is 9.37. The largest absolute Gasteiger partial charge is 0.379 e. The summed E-state index contributed by atoms with van der Waals surface area (Å²) in [6, 6.07) is 1.69. The Morgan fingerprint density at radius 3 is 2.52 bits per heavy atom. The number of sulfonamides is 1. The Hall–Kier alpha value is -1.49. The zero-order valence-electron chi connectivity index (χ0n) is 17.9. The SMILES string of the molecule is O=C(N[C@H]1C[C@H]2CC[C@@H](C1)N2S(=O)(=O)CCCN1CCOCC1)c1cc(C2CC2)on1. The van der Waals surface area contributed by atoms with E-state index < -0.39 is 10.0 Å². The molecule has 4 fully saturated rings. The molecule has 1 aromatic rings. The lowest BCUT2D eigenvalue weighted by Gasteiger charge is -2.38. The molecule has 10 heteroatoms. The Bertz CT molecular complexity index is 879. The summed E-state index contributed by atoms with van der Waals surface area (Å²) in [4.78, 5) is 14.9. The van der Waals surface area contributed by atoms with Gasteiger partial charge in [-0.05, 0) is 51.5 Å². The number of nitrogens with one attached hydrogen (secondary N) is 1. The van der Waals surface area contributed by atoms with Crippen LogP contribution in [0.2, 0.25) is 0 Å². The van der Waals surface area contributed by atoms with E-state index in [0.717, 1.165) is 64.3 Å². The number of hydrogen-bond acceptors (Lipinski definition) is 7. The van der Waals surface area contributed by atoms with Crippen LogP contribution in [-0.2, 0) is 14.8 Å². The van der Waals surface area contributed by atoms with Crippen LogP contribution in [0.3, 0.4) is 0 Å². The lowest BCUT2D eigenvalue weighted by molar-refractivity contribution is 0.0380. The molecule has 4 aliphatic rings. The number of ether oxygens (including phenoxy) is 1. The van der Waals surface area contributed by atoms with Gasteiger partial charge in [0.1, 0.15) is 5.76 Å². The van der Waals surface area contributed by atoms with Gasteiger partial charge in [0, 0.05) is 43.2 Å². The lowest BCUT2D eigenvalue weighted by Crippen LogP contribution is -2.53. The molecule has 3 saturated heterocycles. The zero-order chi connectivity index (χ0) is 21.4. The first-order valence-electron chi connectivity index (χ1n) is 11.6. The van der Waals surface area contributed by atoms with Crippen LogP contribution in [0.5, 0.6) is 0 Å². The van der Waals surface area contributed by atoms with Gasteiger partial charge in [-0.15, -0.1) is 0 Å². The summed E-state index contributed by atoms with van der Waals surface area (Å²) in [6.45, 7) is 4.01. The molecule has 0 radical (unpaired) electrons. The summed E-state index contributed by atoms with van der Waals surface area (Å²) in [7, 11) is -3.29. The minimum atomic E-state index is -3.29. The zero-order valence-corrected chi connectivity index (χ0v) is 18.7. The number of carbonyl (C=O) groups excluding carboxylic acids is 1. The summed E-state index contributed by atoms with van der Waals surface area (Å²) in [6.07, 6.45) is 5.91. The Morgan fingerprint density at radius 1 is 1.13 bits per heavy atom. The monoisotopic (exact) mass is 452 g/mol. The van der Waals surface area contributed by atoms with Gasteiger partial charge in [-0.2, -0.15) is 4.31 Å². The van der Waals surface area contributed by atoms with Gasteiger partial charge in [0.05, 0.1) is 19.0 Å². The highest BCUT2D eigenvalue weighted by Gasteiger charge is 2.46. The summed E-state index contributed by atoms with van der Waals surface area (Å²) < 4.78 is 38.6. The van der Waals surface area contributed by atoms with Crippen molar-refractivity contribution in [3.8, 4) is 0 Å². The van der Waals surface area contributed by atoms with Crippen LogP contribution < -0.4 is 5.32 Å². The molecule has 1 aromatic heterocycles. The maximum atomic E-state index is 13.1. The number of amides is 1. The third-order valence-corrected chi connectivity index (χ3v) is 9.09. The van der Waals surface area contributed by atoms with E-state index in [2.05, 4.69) is 15.4 Å². The quantitative estimate of drug-likeness (QED) is 0.634. The molecule has 1 aliphatic carbocycles. The van der Waals surface area contributed by atoms with Crippen LogP contribution in [0.1, 0.15) is 67.1 Å². The van der Waals surface area contributed by atoms with E-state index >= 15 is 0 Å². The van der Waals surface area contributed by atoms with E-state index in [0.29, 0.717) is 30.9 Å². The fraction of sp³-hybridized carbons (Fsp3) is 0.810. The molecule has 31 heavy (non-hydrogen) atoms. The predicted octanol–water partition coefficient (Wildman–Crippen LogP) is 1.33. The van der Waals surface area contributed by atoms with Crippen molar-refractivity contribution in [2.24, 2.45) is 0 Å². The van der Waals surface area contributed by atoms with Crippen LogP contribution in [-0.4, -0.2) is 85.4 Å². The second kappa shape index (κ2) is 8.80. The van der Waals surface area contributed by atoms with Crippen LogP contribution in [0.25, 0.3) is 0 Å². The van der Waals surface area contributed by atoms with Crippen molar-refractivity contribution in [3.63, 3.8) is 0 Å². The molecule has 1 amide bonds. The first-order valence-corrected chi connectivity index (χ1v) is 13.2. The number of piperidine rings is 1. The van der Waals surface area contributed by atoms with Gasteiger partial charge >= 0.3 is 0 Å². The van der Waals surface area contributed by atoms with Crippen LogP contribution in [0.15, 0.2) is 10.6 Å². The number of nitrogens with zero attached hydrogens (tertiary/aromatic N) is 3. The van der Waals surface area contributed by atoms with Crippen LogP contribution in [0.4, 0.5) is 0 Å². The lowest BCUT2D eigenvalue weighted by atomic mass is 9.99. The van der Waals surface area contributed by atoms with E-state index in [1.807, 2.05) is 0 Å². The standard InChI is InChI=1S/C21H32N4O5S/c26-21(19-14-20(30-23-19)15-2-3-15)22-16-12-17-4-5-18(13-16)25(17)31(27,28)11-1-6-24-7-9-29-10-8-24/h14-18H,1-13H2,(H,22,26)/t16-,17+,18-. The molecule has 3 atom stereocenters. The molecule has 0 spiro atoms. The molecule has 0 unspecified atom stereocenters. The van der Waals surface area contributed by atoms with Crippen molar-refractivity contribution < 1.29 is 22.5 Å². The number of fused-ring (bicyclic) bond motifs is 2. The molecular formula is C21H32N4O5S. The number of morpholine rings is 1. The van der Waals surface area contributed by atoms with Gasteiger partial charge in [-0.25, -0.2) is 8.42 Å². The Kier molecular flexibility index (Phi) is 6.07. The molecule has 9 nitrogen and oxygen atoms in total. The molecule has 3 aliphatic heterocycles. The highest BCUT2D eigenvalue weighted by molar-refractivity contribution is 7.89. The topological polar surface area (TPSA) is 105 Å². The van der Waals surface area contributed by atoms with Crippen molar-refractivity contribution in [1.82, 2.24) is 19.7 Å². The van der Waals surface area contributed by atoms with E-state index in [9.17, 15) is 13.2 Å². The summed E-state index contributed by atoms with van der Waals surface area (Å²) in [5, 5.41) is 6.98. The van der Waals surface area contributed by atoms with Crippen molar-refractivity contribution in [2.45, 2.75) is 69.0 Å². The van der Waals surface area contributed by atoms with Gasteiger partial charge in [0.15, 0.2) is 5.69 Å². The highest BCUT2D eigenvalue weighted by atomic mass is 32.2. The maximum absolute atomic E-state index is 13.1. The average molecular weight is 453 g/mol. The fourth-order valence-corrected chi connectivity index (χ4v) is 7.32. The van der Waals surface area contributed by atoms with Crippen molar-refractivity contribution in [2.75, 3.05) is 38.6 Å². The third-order valence-electron chi connectivity index (χ3n) is 7.04. The first-order chi connectivity index (χ1) is 15.0. The number of carbonyl (C=O) groups is 1. The van der Waals surface area contributed by atoms with Crippen molar-refractivity contribution in [3.05, 3.63) is 17.5 Å². The number of rotatable bonds is 8. The highest BCUT2D eigenvalue weighted by Crippen LogP contribution is 2.40. The molecule has 4 heterocycles. The van der Waals surface area contributed by atoms with Crippen molar-refractivity contribution >= 4 is 15.9 Å². The fourth-order valence-electron chi connectivity index (χ4n) is 5.32. The smallest absolute Gasteiger partial charge is 0.273 e. The first kappa shape index (κ1) is 21.4. The van der Waals surface area contributed by atoms with Gasteiger partial charge in [0.2, 0.25) is 10.0 Å². The predicted molar refractivity (Wildman–Crippen MR) is 113 cm³/mol. The molecule has 1 saturated carbocycles. The van der Waals surface area contributed by atoms with Crippen molar-refractivity contribution in [1.29, 1.82) is 0 Å². The summed E-state index contributed by atoms with van der Waals surface area (Å²) in [5.41, 5.74) is 0.326. The maximum Gasteiger partial charge on any atom is 0.273 e. The molecule has 0 aromatic carbocycles. The van der Waals surface area contributed by atoms with E-state index in [1.165, 1.54) is 0 Å². The minimum absolute atomic E-state index is 0.0169. The average Bonchev–Trinajstić information content (AvgIpc) is 3.40. The van der Waals surface area contributed by atoms with Crippen LogP contribution >= 0.6 is 0 Å². The molecule has 1 N–H and O–H groups in total. The minimum Gasteiger partial charge on any atom is -0.379 e. The van der Waals surface area contributed by atoms with E-state index in [4.69, 9.17) is 9.26 Å². The second-order valence-corrected chi connectivity index (χ2v) is 11.4. The summed E-state index contributed by atoms with van der Waals surface area (Å²) in [5.74, 6) is 1.18. The van der Waals surface area contributed by atoms with Gasteiger partial charge in [-0.1, -0.05) is 5.16 Å². The van der Waals surface area contributed by atoms with E-state index in [1.54, 1.807) is 10.4 Å². The molecule has 2 bridgehead atoms. The van der Waals surface area contributed by atoms with Crippen LogP contribution in [0, 0.1) is 0 Å². The number of aromatic nitrogens is 1. The Morgan fingerprint density at radius 2 is 1.84 bits per heavy atom. The molecule has 5 rings (SSSR count).